The molecule has 1 saturated heterocycles. The minimum Gasteiger partial charge on any atom is -0.323 e. The topological polar surface area (TPSA) is 46.3 Å². The zero-order chi connectivity index (χ0) is 14.5. The lowest BCUT2D eigenvalue weighted by Crippen LogP contribution is -2.42. The quantitative estimate of drug-likeness (QED) is 0.807. The highest BCUT2D eigenvalue weighted by molar-refractivity contribution is 7.70. The molecular weight excluding hydrogens is 267 g/mol. The molecule has 0 amide bonds. The van der Waals surface area contributed by atoms with Crippen molar-refractivity contribution >= 4 is 12.4 Å². The molecule has 2 N–H and O–H groups in total. The highest BCUT2D eigenvalue weighted by atomic mass is 31.2. The third-order valence-corrected chi connectivity index (χ3v) is 6.79. The summed E-state index contributed by atoms with van der Waals surface area (Å²) < 4.78 is 12.3. The summed E-state index contributed by atoms with van der Waals surface area (Å²) in [5.41, 5.74) is 9.46. The van der Waals surface area contributed by atoms with Gasteiger partial charge in [0.1, 0.15) is 7.14 Å². The van der Waals surface area contributed by atoms with Crippen molar-refractivity contribution in [3.8, 4) is 0 Å². The summed E-state index contributed by atoms with van der Waals surface area (Å²) in [4.78, 5) is 2.39. The summed E-state index contributed by atoms with van der Waals surface area (Å²) in [5, 5.41) is 0.969. The monoisotopic (exact) mass is 292 g/mol. The van der Waals surface area contributed by atoms with E-state index in [1.807, 2.05) is 19.4 Å². The average Bonchev–Trinajstić information content (AvgIpc) is 2.66. The second kappa shape index (κ2) is 4.69. The Labute approximate surface area is 121 Å². The number of benzene rings is 1. The third kappa shape index (κ3) is 2.26. The van der Waals surface area contributed by atoms with Gasteiger partial charge in [-0.2, -0.15) is 0 Å². The molecule has 2 aliphatic rings. The molecule has 1 aliphatic carbocycles. The van der Waals surface area contributed by atoms with E-state index in [4.69, 9.17) is 5.73 Å². The minimum atomic E-state index is -2.20. The summed E-state index contributed by atoms with van der Waals surface area (Å²) in [5.74, 6) is 0. The van der Waals surface area contributed by atoms with Crippen LogP contribution in [0.25, 0.3) is 0 Å². The van der Waals surface area contributed by atoms with Crippen LogP contribution in [0.1, 0.15) is 30.0 Å². The molecule has 1 aromatic carbocycles. The van der Waals surface area contributed by atoms with Crippen LogP contribution in [0.5, 0.6) is 0 Å². The molecule has 0 saturated carbocycles. The van der Waals surface area contributed by atoms with Crippen molar-refractivity contribution in [3.05, 3.63) is 29.3 Å². The summed E-state index contributed by atoms with van der Waals surface area (Å²) in [6.07, 6.45) is 3.44. The van der Waals surface area contributed by atoms with Gasteiger partial charge in [-0.15, -0.1) is 0 Å². The van der Waals surface area contributed by atoms with Gasteiger partial charge >= 0.3 is 0 Å². The van der Waals surface area contributed by atoms with E-state index in [-0.39, 0.29) is 11.5 Å². The molecule has 1 aromatic rings. The van der Waals surface area contributed by atoms with E-state index in [1.54, 1.807) is 0 Å². The summed E-state index contributed by atoms with van der Waals surface area (Å²) in [6.45, 7) is 5.93. The maximum Gasteiger partial charge on any atom is 0.109 e. The number of fused-ring (bicyclic) bond motifs is 1. The van der Waals surface area contributed by atoms with Crippen LogP contribution in [-0.2, 0) is 11.0 Å². The lowest BCUT2D eigenvalue weighted by molar-refractivity contribution is 0.106. The number of nitrogens with zero attached hydrogens (tertiary/aromatic N) is 1. The van der Waals surface area contributed by atoms with Crippen LogP contribution in [0.15, 0.2) is 18.2 Å². The normalized spacial score (nSPS) is 25.9. The van der Waals surface area contributed by atoms with Gasteiger partial charge in [-0.3, -0.25) is 0 Å². The maximum atomic E-state index is 12.3. The fourth-order valence-electron chi connectivity index (χ4n) is 3.74. The second-order valence-corrected chi connectivity index (χ2v) is 10.3. The van der Waals surface area contributed by atoms with Crippen molar-refractivity contribution in [1.29, 1.82) is 0 Å². The number of hydrogen-bond donors (Lipinski definition) is 1. The Morgan fingerprint density at radius 2 is 1.95 bits per heavy atom. The number of rotatable bonds is 1. The van der Waals surface area contributed by atoms with E-state index >= 15 is 0 Å². The lowest BCUT2D eigenvalue weighted by atomic mass is 9.73. The van der Waals surface area contributed by atoms with Gasteiger partial charge in [0.15, 0.2) is 0 Å². The van der Waals surface area contributed by atoms with Crippen molar-refractivity contribution < 1.29 is 4.57 Å². The van der Waals surface area contributed by atoms with Crippen molar-refractivity contribution in [3.63, 3.8) is 0 Å². The molecule has 1 aliphatic heterocycles. The fraction of sp³-hybridized carbons (Fsp3) is 0.625. The van der Waals surface area contributed by atoms with Crippen molar-refractivity contribution in [2.45, 2.75) is 25.3 Å². The van der Waals surface area contributed by atoms with Crippen molar-refractivity contribution in [2.24, 2.45) is 11.1 Å². The van der Waals surface area contributed by atoms with E-state index < -0.39 is 7.14 Å². The van der Waals surface area contributed by atoms with Gasteiger partial charge in [0, 0.05) is 11.3 Å². The standard InChI is InChI=1S/C16H25N2OP/c1-18-8-6-16(7-9-18)11-12-4-5-13(20(2,3)19)10-14(12)15(16)17/h4-5,10,15H,6-9,11,17H2,1-3H3. The van der Waals surface area contributed by atoms with Gasteiger partial charge in [0.05, 0.1) is 0 Å². The van der Waals surface area contributed by atoms with E-state index in [2.05, 4.69) is 24.1 Å². The second-order valence-electron chi connectivity index (χ2n) is 7.05. The average molecular weight is 292 g/mol. The summed E-state index contributed by atoms with van der Waals surface area (Å²) in [7, 11) is -0.0186. The maximum absolute atomic E-state index is 12.3. The third-order valence-electron chi connectivity index (χ3n) is 5.27. The molecular formula is C16H25N2OP. The van der Waals surface area contributed by atoms with Crippen LogP contribution in [0, 0.1) is 5.41 Å². The lowest BCUT2D eigenvalue weighted by Gasteiger charge is -2.41. The van der Waals surface area contributed by atoms with Crippen molar-refractivity contribution in [2.75, 3.05) is 33.5 Å². The van der Waals surface area contributed by atoms with Crippen LogP contribution < -0.4 is 11.0 Å². The molecule has 1 heterocycles. The van der Waals surface area contributed by atoms with Crippen molar-refractivity contribution in [1.82, 2.24) is 4.90 Å². The molecule has 3 nitrogen and oxygen atoms in total. The van der Waals surface area contributed by atoms with Gasteiger partial charge in [0.2, 0.25) is 0 Å². The fourth-order valence-corrected chi connectivity index (χ4v) is 4.62. The molecule has 1 spiro atoms. The van der Waals surface area contributed by atoms with Gasteiger partial charge in [-0.25, -0.2) is 0 Å². The molecule has 1 fully saturated rings. The first-order chi connectivity index (χ1) is 9.32. The highest BCUT2D eigenvalue weighted by Crippen LogP contribution is 2.51. The SMILES string of the molecule is CN1CCC2(CC1)Cc1ccc(P(C)(C)=O)cc1C2N. The van der Waals surface area contributed by atoms with Crippen LogP contribution in [0.2, 0.25) is 0 Å². The summed E-state index contributed by atoms with van der Waals surface area (Å²) in [6, 6.07) is 6.43. The van der Waals surface area contributed by atoms with Crippen LogP contribution in [-0.4, -0.2) is 38.4 Å². The van der Waals surface area contributed by atoms with E-state index in [0.29, 0.717) is 0 Å². The van der Waals surface area contributed by atoms with Gasteiger partial charge in [-0.05, 0) is 75.3 Å². The Morgan fingerprint density at radius 1 is 1.30 bits per heavy atom. The van der Waals surface area contributed by atoms with Gasteiger partial charge in [0.25, 0.3) is 0 Å². The minimum absolute atomic E-state index is 0.109. The largest absolute Gasteiger partial charge is 0.323 e. The molecule has 0 aromatic heterocycles. The highest BCUT2D eigenvalue weighted by Gasteiger charge is 2.45. The number of hydrogen-bond acceptors (Lipinski definition) is 3. The zero-order valence-corrected chi connectivity index (χ0v) is 13.6. The molecule has 1 atom stereocenters. The first-order valence-corrected chi connectivity index (χ1v) is 10.0. The van der Waals surface area contributed by atoms with E-state index in [1.165, 1.54) is 24.0 Å². The zero-order valence-electron chi connectivity index (χ0n) is 12.7. The molecule has 0 bridgehead atoms. The van der Waals surface area contributed by atoms with Crippen LogP contribution in [0.3, 0.4) is 0 Å². The first kappa shape index (κ1) is 14.3. The van der Waals surface area contributed by atoms with Crippen LogP contribution >= 0.6 is 7.14 Å². The Hall–Kier alpha value is -0.630. The molecule has 4 heteroatoms. The Kier molecular flexibility index (Phi) is 3.36. The smallest absolute Gasteiger partial charge is 0.109 e. The first-order valence-electron chi connectivity index (χ1n) is 7.44. The number of piperidine rings is 1. The Bertz CT molecular complexity index is 570. The van der Waals surface area contributed by atoms with Crippen LogP contribution in [0.4, 0.5) is 0 Å². The Balaban J connectivity index is 1.95. The molecule has 110 valence electrons. The predicted molar refractivity (Wildman–Crippen MR) is 85.3 cm³/mol. The molecule has 3 rings (SSSR count). The number of likely N-dealkylation sites (tertiary alicyclic amines) is 1. The number of nitrogens with two attached hydrogens (primary N) is 1. The summed E-state index contributed by atoms with van der Waals surface area (Å²) >= 11 is 0. The molecule has 0 radical (unpaired) electrons. The molecule has 1 unspecified atom stereocenters. The molecule has 20 heavy (non-hydrogen) atoms. The van der Waals surface area contributed by atoms with Gasteiger partial charge < -0.3 is 15.2 Å². The van der Waals surface area contributed by atoms with Gasteiger partial charge in [-0.1, -0.05) is 12.1 Å². The van der Waals surface area contributed by atoms with E-state index in [9.17, 15) is 4.57 Å². The predicted octanol–water partition coefficient (Wildman–Crippen LogP) is 2.20. The Morgan fingerprint density at radius 3 is 2.55 bits per heavy atom. The van der Waals surface area contributed by atoms with E-state index in [0.717, 1.165) is 24.8 Å².